The first-order chi connectivity index (χ1) is 12.1. The third kappa shape index (κ3) is 6.07. The van der Waals surface area contributed by atoms with E-state index in [1.807, 2.05) is 32.0 Å². The van der Waals surface area contributed by atoms with Crippen LogP contribution in [0.2, 0.25) is 0 Å². The van der Waals surface area contributed by atoms with Crippen molar-refractivity contribution in [3.8, 4) is 11.5 Å². The number of halogens is 1. The molecule has 0 fully saturated rings. The fraction of sp³-hybridized carbons (Fsp3) is 0.316. The quantitative estimate of drug-likeness (QED) is 0.620. The third-order valence-electron chi connectivity index (χ3n) is 3.29. The Morgan fingerprint density at radius 2 is 1.88 bits per heavy atom. The zero-order chi connectivity index (χ0) is 18.1. The Labute approximate surface area is 156 Å². The van der Waals surface area contributed by atoms with Crippen LogP contribution >= 0.6 is 15.9 Å². The zero-order valence-corrected chi connectivity index (χ0v) is 16.0. The molecule has 0 bridgehead atoms. The van der Waals surface area contributed by atoms with Gasteiger partial charge in [-0.05, 0) is 60.1 Å². The van der Waals surface area contributed by atoms with Crippen molar-refractivity contribution in [2.24, 2.45) is 0 Å². The summed E-state index contributed by atoms with van der Waals surface area (Å²) < 4.78 is 17.0. The predicted molar refractivity (Wildman–Crippen MR) is 102 cm³/mol. The molecule has 0 unspecified atom stereocenters. The molecule has 2 aromatic rings. The summed E-state index contributed by atoms with van der Waals surface area (Å²) in [4.78, 5) is 12.4. The number of carbonyl (C=O) groups excluding carboxylic acids is 1. The van der Waals surface area contributed by atoms with Crippen molar-refractivity contribution in [3.05, 3.63) is 52.5 Å². The lowest BCUT2D eigenvalue weighted by Crippen LogP contribution is -2.12. The van der Waals surface area contributed by atoms with Gasteiger partial charge >= 0.3 is 0 Å². The highest BCUT2D eigenvalue weighted by Crippen LogP contribution is 2.26. The van der Waals surface area contributed by atoms with Gasteiger partial charge in [0, 0.05) is 23.9 Å². The topological polar surface area (TPSA) is 56.8 Å². The Morgan fingerprint density at radius 1 is 1.04 bits per heavy atom. The number of amides is 1. The van der Waals surface area contributed by atoms with Gasteiger partial charge in [-0.2, -0.15) is 0 Å². The lowest BCUT2D eigenvalue weighted by Gasteiger charge is -2.10. The molecule has 0 aliphatic heterocycles. The van der Waals surface area contributed by atoms with Gasteiger partial charge in [0.2, 0.25) is 0 Å². The molecule has 5 nitrogen and oxygen atoms in total. The van der Waals surface area contributed by atoms with Gasteiger partial charge in [-0.1, -0.05) is 6.07 Å². The molecule has 0 aromatic heterocycles. The number of anilines is 1. The second kappa shape index (κ2) is 10.1. The average molecular weight is 408 g/mol. The molecular formula is C19H22BrNO4. The smallest absolute Gasteiger partial charge is 0.255 e. The van der Waals surface area contributed by atoms with Crippen LogP contribution in [0.25, 0.3) is 0 Å². The molecule has 0 atom stereocenters. The van der Waals surface area contributed by atoms with Crippen LogP contribution in [0.4, 0.5) is 5.69 Å². The second-order valence-electron chi connectivity index (χ2n) is 5.11. The highest BCUT2D eigenvalue weighted by atomic mass is 79.9. The Bertz CT molecular complexity index is 706. The molecule has 6 heteroatoms. The molecule has 0 heterocycles. The lowest BCUT2D eigenvalue weighted by atomic mass is 10.2. The van der Waals surface area contributed by atoms with E-state index in [1.54, 1.807) is 24.3 Å². The van der Waals surface area contributed by atoms with Crippen molar-refractivity contribution in [1.82, 2.24) is 0 Å². The van der Waals surface area contributed by atoms with Gasteiger partial charge in [0.1, 0.15) is 18.1 Å². The first-order valence-corrected chi connectivity index (χ1v) is 8.97. The summed E-state index contributed by atoms with van der Waals surface area (Å²) in [5, 5.41) is 2.87. The Balaban J connectivity index is 1.99. The minimum Gasteiger partial charge on any atom is -0.493 e. The zero-order valence-electron chi connectivity index (χ0n) is 14.4. The maximum Gasteiger partial charge on any atom is 0.255 e. The molecule has 0 aliphatic carbocycles. The van der Waals surface area contributed by atoms with Crippen LogP contribution in [0.1, 0.15) is 24.2 Å². The largest absolute Gasteiger partial charge is 0.493 e. The number of nitrogens with one attached hydrogen (secondary N) is 1. The molecular weight excluding hydrogens is 386 g/mol. The van der Waals surface area contributed by atoms with E-state index in [1.165, 1.54) is 0 Å². The van der Waals surface area contributed by atoms with Crippen molar-refractivity contribution in [2.45, 2.75) is 13.8 Å². The molecule has 0 aliphatic rings. The third-order valence-corrected chi connectivity index (χ3v) is 3.91. The molecule has 2 rings (SSSR count). The number of hydrogen-bond donors (Lipinski definition) is 1. The van der Waals surface area contributed by atoms with Gasteiger partial charge < -0.3 is 19.5 Å². The fourth-order valence-corrected chi connectivity index (χ4v) is 2.64. The van der Waals surface area contributed by atoms with Crippen molar-refractivity contribution >= 4 is 27.5 Å². The summed E-state index contributed by atoms with van der Waals surface area (Å²) in [6.45, 7) is 6.09. The molecule has 1 amide bonds. The molecule has 1 N–H and O–H groups in total. The molecule has 0 saturated heterocycles. The van der Waals surface area contributed by atoms with E-state index in [0.717, 1.165) is 4.47 Å². The van der Waals surface area contributed by atoms with Crippen LogP contribution in [0.5, 0.6) is 11.5 Å². The maximum absolute atomic E-state index is 12.4. The van der Waals surface area contributed by atoms with Gasteiger partial charge in [-0.25, -0.2) is 0 Å². The summed E-state index contributed by atoms with van der Waals surface area (Å²) in [6, 6.07) is 12.5. The number of rotatable bonds is 9. The molecule has 0 radical (unpaired) electrons. The van der Waals surface area contributed by atoms with Crippen molar-refractivity contribution in [3.63, 3.8) is 0 Å². The van der Waals surface area contributed by atoms with Gasteiger partial charge in [0.15, 0.2) is 0 Å². The standard InChI is InChI=1S/C19H22BrNO4/c1-3-23-10-11-25-16-7-5-6-15(13-16)21-19(22)14-8-9-18(24-4-2)17(20)12-14/h5-9,12-13H,3-4,10-11H2,1-2H3,(H,21,22). The first kappa shape index (κ1) is 19.3. The lowest BCUT2D eigenvalue weighted by molar-refractivity contribution is 0.102. The van der Waals surface area contributed by atoms with E-state index < -0.39 is 0 Å². The molecule has 134 valence electrons. The van der Waals surface area contributed by atoms with Crippen molar-refractivity contribution in [1.29, 1.82) is 0 Å². The summed E-state index contributed by atoms with van der Waals surface area (Å²) in [5.74, 6) is 1.20. The van der Waals surface area contributed by atoms with E-state index in [-0.39, 0.29) is 5.91 Å². The summed E-state index contributed by atoms with van der Waals surface area (Å²) in [7, 11) is 0. The SMILES string of the molecule is CCOCCOc1cccc(NC(=O)c2ccc(OCC)c(Br)c2)c1. The van der Waals surface area contributed by atoms with Crippen LogP contribution in [0.15, 0.2) is 46.9 Å². The number of carbonyl (C=O) groups is 1. The maximum atomic E-state index is 12.4. The summed E-state index contributed by atoms with van der Waals surface area (Å²) in [5.41, 5.74) is 1.21. The van der Waals surface area contributed by atoms with E-state index >= 15 is 0 Å². The van der Waals surface area contributed by atoms with Gasteiger partial charge in [0.05, 0.1) is 17.7 Å². The Hall–Kier alpha value is -2.05. The van der Waals surface area contributed by atoms with Crippen LogP contribution < -0.4 is 14.8 Å². The van der Waals surface area contributed by atoms with E-state index in [4.69, 9.17) is 14.2 Å². The highest BCUT2D eigenvalue weighted by Gasteiger charge is 2.10. The van der Waals surface area contributed by atoms with E-state index in [2.05, 4.69) is 21.2 Å². The highest BCUT2D eigenvalue weighted by molar-refractivity contribution is 9.10. The van der Waals surface area contributed by atoms with Crippen molar-refractivity contribution < 1.29 is 19.0 Å². The first-order valence-electron chi connectivity index (χ1n) is 8.18. The normalized spacial score (nSPS) is 10.4. The summed E-state index contributed by atoms with van der Waals surface area (Å²) in [6.07, 6.45) is 0. The van der Waals surface area contributed by atoms with Crippen molar-refractivity contribution in [2.75, 3.05) is 31.7 Å². The van der Waals surface area contributed by atoms with Gasteiger partial charge in [-0.3, -0.25) is 4.79 Å². The Kier molecular flexibility index (Phi) is 7.76. The monoisotopic (exact) mass is 407 g/mol. The number of ether oxygens (including phenoxy) is 3. The van der Waals surface area contributed by atoms with Crippen LogP contribution in [-0.4, -0.2) is 32.3 Å². The molecule has 0 saturated carbocycles. The van der Waals surface area contributed by atoms with Crippen LogP contribution in [0, 0.1) is 0 Å². The molecule has 25 heavy (non-hydrogen) atoms. The predicted octanol–water partition coefficient (Wildman–Crippen LogP) is 4.52. The fourth-order valence-electron chi connectivity index (χ4n) is 2.14. The van der Waals surface area contributed by atoms with E-state index in [0.29, 0.717) is 49.2 Å². The summed E-state index contributed by atoms with van der Waals surface area (Å²) >= 11 is 3.42. The average Bonchev–Trinajstić information content (AvgIpc) is 2.61. The Morgan fingerprint density at radius 3 is 2.60 bits per heavy atom. The minimum atomic E-state index is -0.199. The number of hydrogen-bond acceptors (Lipinski definition) is 4. The molecule has 0 spiro atoms. The molecule has 2 aromatic carbocycles. The van der Waals surface area contributed by atoms with Crippen LogP contribution in [0.3, 0.4) is 0 Å². The number of benzene rings is 2. The van der Waals surface area contributed by atoms with Gasteiger partial charge in [-0.15, -0.1) is 0 Å². The van der Waals surface area contributed by atoms with Gasteiger partial charge in [0.25, 0.3) is 5.91 Å². The van der Waals surface area contributed by atoms with Crippen LogP contribution in [-0.2, 0) is 4.74 Å². The van der Waals surface area contributed by atoms with E-state index in [9.17, 15) is 4.79 Å². The second-order valence-corrected chi connectivity index (χ2v) is 5.96. The minimum absolute atomic E-state index is 0.199.